The van der Waals surface area contributed by atoms with E-state index in [0.29, 0.717) is 6.54 Å². The molecule has 122 valence electrons. The van der Waals surface area contributed by atoms with Crippen LogP contribution in [0.1, 0.15) is 38.7 Å². The van der Waals surface area contributed by atoms with E-state index in [4.69, 9.17) is 5.14 Å². The number of carbonyl (C=O) groups is 1. The molecule has 1 unspecified atom stereocenters. The van der Waals surface area contributed by atoms with Crippen molar-refractivity contribution in [3.63, 3.8) is 0 Å². The molecule has 0 radical (unpaired) electrons. The molecule has 1 amide bonds. The molecule has 1 fully saturated rings. The maximum absolute atomic E-state index is 11.9. The molecule has 0 aromatic heterocycles. The highest BCUT2D eigenvalue weighted by molar-refractivity contribution is 7.89. The van der Waals surface area contributed by atoms with Crippen molar-refractivity contribution in [3.05, 3.63) is 35.9 Å². The molecule has 1 aromatic rings. The Morgan fingerprint density at radius 3 is 2.36 bits per heavy atom. The van der Waals surface area contributed by atoms with Crippen molar-refractivity contribution in [2.24, 2.45) is 10.6 Å². The van der Waals surface area contributed by atoms with Gasteiger partial charge in [0, 0.05) is 18.4 Å². The molecule has 0 saturated heterocycles. The van der Waals surface area contributed by atoms with Crippen molar-refractivity contribution >= 4 is 15.9 Å². The van der Waals surface area contributed by atoms with Gasteiger partial charge in [-0.3, -0.25) is 4.79 Å². The molecule has 1 aromatic carbocycles. The molecule has 3 N–H and O–H groups in total. The third-order valence-corrected chi connectivity index (χ3v) is 5.52. The molecular weight excluding hydrogens is 300 g/mol. The zero-order valence-electron chi connectivity index (χ0n) is 13.1. The molecule has 0 bridgehead atoms. The van der Waals surface area contributed by atoms with Gasteiger partial charge in [-0.25, -0.2) is 13.6 Å². The van der Waals surface area contributed by atoms with E-state index in [-0.39, 0.29) is 35.3 Å². The Balaban J connectivity index is 1.91. The van der Waals surface area contributed by atoms with Crippen LogP contribution in [0.5, 0.6) is 0 Å². The summed E-state index contributed by atoms with van der Waals surface area (Å²) in [5, 5.41) is 7.88. The van der Waals surface area contributed by atoms with Gasteiger partial charge in [0.2, 0.25) is 15.9 Å². The van der Waals surface area contributed by atoms with Gasteiger partial charge in [-0.2, -0.15) is 0 Å². The first-order valence-corrected chi connectivity index (χ1v) is 9.21. The number of hydrogen-bond acceptors (Lipinski definition) is 3. The lowest BCUT2D eigenvalue weighted by Gasteiger charge is -2.22. The van der Waals surface area contributed by atoms with Crippen LogP contribution in [0.25, 0.3) is 0 Å². The quantitative estimate of drug-likeness (QED) is 0.797. The summed E-state index contributed by atoms with van der Waals surface area (Å²) in [6, 6.07) is 10.2. The van der Waals surface area contributed by atoms with Crippen molar-refractivity contribution in [3.8, 4) is 0 Å². The average Bonchev–Trinajstić information content (AvgIpc) is 2.99. The Bertz CT molecular complexity index is 641. The summed E-state index contributed by atoms with van der Waals surface area (Å²) in [6.07, 6.45) is 1.47. The number of sulfonamides is 1. The van der Waals surface area contributed by atoms with Crippen LogP contribution in [-0.4, -0.2) is 26.6 Å². The molecular formula is C16H24N2O3S. The van der Waals surface area contributed by atoms with E-state index in [1.807, 2.05) is 18.2 Å². The third-order valence-electron chi connectivity index (χ3n) is 4.66. The Labute approximate surface area is 132 Å². The molecule has 1 atom stereocenters. The Kier molecular flexibility index (Phi) is 4.63. The van der Waals surface area contributed by atoms with Crippen LogP contribution in [0.2, 0.25) is 0 Å². The SMILES string of the molecule is CC1(C)CC1(CNC(=O)CCCS(N)(=O)=O)c1ccccc1. The van der Waals surface area contributed by atoms with Gasteiger partial charge in [0.1, 0.15) is 0 Å². The summed E-state index contributed by atoms with van der Waals surface area (Å²) < 4.78 is 21.7. The fourth-order valence-corrected chi connectivity index (χ4v) is 3.68. The van der Waals surface area contributed by atoms with Crippen LogP contribution in [0.15, 0.2) is 30.3 Å². The summed E-state index contributed by atoms with van der Waals surface area (Å²) in [4.78, 5) is 11.9. The molecule has 6 heteroatoms. The second-order valence-corrected chi connectivity index (χ2v) is 8.49. The molecule has 1 saturated carbocycles. The lowest BCUT2D eigenvalue weighted by atomic mass is 9.88. The normalized spacial score (nSPS) is 23.0. The maximum Gasteiger partial charge on any atom is 0.220 e. The summed E-state index contributed by atoms with van der Waals surface area (Å²) in [6.45, 7) is 4.98. The average molecular weight is 324 g/mol. The lowest BCUT2D eigenvalue weighted by molar-refractivity contribution is -0.121. The van der Waals surface area contributed by atoms with Crippen LogP contribution in [0.3, 0.4) is 0 Å². The Morgan fingerprint density at radius 2 is 1.86 bits per heavy atom. The first kappa shape index (κ1) is 17.0. The van der Waals surface area contributed by atoms with Gasteiger partial charge in [-0.05, 0) is 23.8 Å². The number of benzene rings is 1. The highest BCUT2D eigenvalue weighted by Crippen LogP contribution is 2.63. The van der Waals surface area contributed by atoms with Gasteiger partial charge in [0.25, 0.3) is 0 Å². The van der Waals surface area contributed by atoms with Crippen molar-refractivity contribution in [2.45, 2.75) is 38.5 Å². The maximum atomic E-state index is 11.9. The van der Waals surface area contributed by atoms with E-state index in [0.717, 1.165) is 6.42 Å². The molecule has 0 heterocycles. The molecule has 2 rings (SSSR count). The molecule has 1 aliphatic rings. The highest BCUT2D eigenvalue weighted by atomic mass is 32.2. The van der Waals surface area contributed by atoms with Gasteiger partial charge in [-0.15, -0.1) is 0 Å². The minimum Gasteiger partial charge on any atom is -0.355 e. The van der Waals surface area contributed by atoms with E-state index < -0.39 is 10.0 Å². The fraction of sp³-hybridized carbons (Fsp3) is 0.562. The minimum atomic E-state index is -3.49. The second kappa shape index (κ2) is 6.01. The van der Waals surface area contributed by atoms with E-state index in [9.17, 15) is 13.2 Å². The van der Waals surface area contributed by atoms with Gasteiger partial charge in [0.05, 0.1) is 5.75 Å². The molecule has 5 nitrogen and oxygen atoms in total. The standard InChI is InChI=1S/C16H24N2O3S/c1-15(2)11-16(15,13-7-4-3-5-8-13)12-18-14(19)9-6-10-22(17,20)21/h3-5,7-8H,6,9-12H2,1-2H3,(H,18,19)(H2,17,20,21). The lowest BCUT2D eigenvalue weighted by Crippen LogP contribution is -2.35. The second-order valence-electron chi connectivity index (χ2n) is 6.76. The smallest absolute Gasteiger partial charge is 0.220 e. The van der Waals surface area contributed by atoms with E-state index in [1.54, 1.807) is 0 Å². The minimum absolute atomic E-state index is 0.0239. The number of rotatable bonds is 7. The molecule has 0 aliphatic heterocycles. The van der Waals surface area contributed by atoms with Crippen LogP contribution in [0.4, 0.5) is 0 Å². The monoisotopic (exact) mass is 324 g/mol. The fourth-order valence-electron chi connectivity index (χ4n) is 3.14. The van der Waals surface area contributed by atoms with Gasteiger partial charge in [0.15, 0.2) is 0 Å². The number of nitrogens with one attached hydrogen (secondary N) is 1. The van der Waals surface area contributed by atoms with Crippen LogP contribution in [-0.2, 0) is 20.2 Å². The molecule has 22 heavy (non-hydrogen) atoms. The zero-order chi connectivity index (χ0) is 16.4. The highest BCUT2D eigenvalue weighted by Gasteiger charge is 2.61. The van der Waals surface area contributed by atoms with Gasteiger partial charge < -0.3 is 5.32 Å². The zero-order valence-corrected chi connectivity index (χ0v) is 13.9. The molecule has 1 aliphatic carbocycles. The van der Waals surface area contributed by atoms with Crippen molar-refractivity contribution in [1.29, 1.82) is 0 Å². The number of nitrogens with two attached hydrogens (primary N) is 1. The number of carbonyl (C=O) groups excluding carboxylic acids is 1. The van der Waals surface area contributed by atoms with Crippen LogP contribution < -0.4 is 10.5 Å². The van der Waals surface area contributed by atoms with Crippen molar-refractivity contribution < 1.29 is 13.2 Å². The van der Waals surface area contributed by atoms with Crippen LogP contribution in [0, 0.1) is 5.41 Å². The summed E-state index contributed by atoms with van der Waals surface area (Å²) >= 11 is 0. The Morgan fingerprint density at radius 1 is 1.27 bits per heavy atom. The Hall–Kier alpha value is -1.40. The number of amides is 1. The summed E-state index contributed by atoms with van der Waals surface area (Å²) in [7, 11) is -3.49. The van der Waals surface area contributed by atoms with E-state index >= 15 is 0 Å². The van der Waals surface area contributed by atoms with Gasteiger partial charge >= 0.3 is 0 Å². The topological polar surface area (TPSA) is 89.3 Å². The predicted octanol–water partition coefficient (Wildman–Crippen LogP) is 1.54. The third kappa shape index (κ3) is 3.87. The number of hydrogen-bond donors (Lipinski definition) is 2. The summed E-state index contributed by atoms with van der Waals surface area (Å²) in [5.41, 5.74) is 1.37. The first-order valence-electron chi connectivity index (χ1n) is 7.49. The van der Waals surface area contributed by atoms with E-state index in [1.165, 1.54) is 5.56 Å². The largest absolute Gasteiger partial charge is 0.355 e. The summed E-state index contributed by atoms with van der Waals surface area (Å²) in [5.74, 6) is -0.280. The van der Waals surface area contributed by atoms with E-state index in [2.05, 4.69) is 31.3 Å². The van der Waals surface area contributed by atoms with Crippen molar-refractivity contribution in [2.75, 3.05) is 12.3 Å². The molecule has 0 spiro atoms. The first-order chi connectivity index (χ1) is 10.2. The van der Waals surface area contributed by atoms with Gasteiger partial charge in [-0.1, -0.05) is 44.2 Å². The number of primary sulfonamides is 1. The van der Waals surface area contributed by atoms with Crippen LogP contribution >= 0.6 is 0 Å². The van der Waals surface area contributed by atoms with Crippen molar-refractivity contribution in [1.82, 2.24) is 5.32 Å². The predicted molar refractivity (Wildman–Crippen MR) is 86.7 cm³/mol.